The quantitative estimate of drug-likeness (QED) is 0.711. The van der Waals surface area contributed by atoms with Gasteiger partial charge < -0.3 is 15.0 Å². The van der Waals surface area contributed by atoms with Crippen molar-refractivity contribution in [2.75, 3.05) is 33.3 Å². The highest BCUT2D eigenvalue weighted by molar-refractivity contribution is 8.28. The maximum Gasteiger partial charge on any atom is 0.271 e. The number of hydrogen-bond donors (Lipinski definition) is 3. The maximum atomic E-state index is 12.5. The van der Waals surface area contributed by atoms with Gasteiger partial charge in [0.05, 0.1) is 12.0 Å². The SMILES string of the molecule is CCN(CC)CCNC(=O)C1=C(OC)c2ccccc2S1(O)O. The lowest BCUT2D eigenvalue weighted by molar-refractivity contribution is -0.116. The Morgan fingerprint density at radius 2 is 1.91 bits per heavy atom. The van der Waals surface area contributed by atoms with Crippen LogP contribution >= 0.6 is 10.6 Å². The molecular weight excluding hydrogens is 316 g/mol. The predicted molar refractivity (Wildman–Crippen MR) is 92.3 cm³/mol. The topological polar surface area (TPSA) is 82.0 Å². The summed E-state index contributed by atoms with van der Waals surface area (Å²) in [5.74, 6) is -0.258. The number of nitrogens with one attached hydrogen (secondary N) is 1. The third-order valence-electron chi connectivity index (χ3n) is 3.95. The van der Waals surface area contributed by atoms with Gasteiger partial charge in [-0.25, -0.2) is 0 Å². The molecule has 6 nitrogen and oxygen atoms in total. The molecule has 0 aromatic heterocycles. The molecule has 0 spiro atoms. The molecule has 1 heterocycles. The number of fused-ring (bicyclic) bond motifs is 1. The second-order valence-corrected chi connectivity index (χ2v) is 7.14. The van der Waals surface area contributed by atoms with Crippen LogP contribution in [0.5, 0.6) is 0 Å². The summed E-state index contributed by atoms with van der Waals surface area (Å²) in [6, 6.07) is 6.81. The average Bonchev–Trinajstić information content (AvgIpc) is 2.79. The van der Waals surface area contributed by atoms with Gasteiger partial charge in [0.15, 0.2) is 10.7 Å². The van der Waals surface area contributed by atoms with Crippen molar-refractivity contribution in [1.29, 1.82) is 0 Å². The Morgan fingerprint density at radius 3 is 2.52 bits per heavy atom. The molecular formula is C16H24N2O4S. The van der Waals surface area contributed by atoms with Crippen LogP contribution in [0, 0.1) is 0 Å². The molecule has 0 saturated heterocycles. The van der Waals surface area contributed by atoms with Gasteiger partial charge in [-0.15, -0.1) is 10.6 Å². The first-order valence-electron chi connectivity index (χ1n) is 7.63. The number of benzene rings is 1. The summed E-state index contributed by atoms with van der Waals surface area (Å²) in [7, 11) is -1.91. The van der Waals surface area contributed by atoms with Crippen LogP contribution in [0.2, 0.25) is 0 Å². The van der Waals surface area contributed by atoms with Gasteiger partial charge in [-0.2, -0.15) is 0 Å². The number of likely N-dealkylation sites (N-methyl/N-ethyl adjacent to an activating group) is 1. The number of nitrogens with zero attached hydrogens (tertiary/aromatic N) is 1. The summed E-state index contributed by atoms with van der Waals surface area (Å²) in [5, 5.41) is 2.76. The molecule has 2 rings (SSSR count). The lowest BCUT2D eigenvalue weighted by Gasteiger charge is -2.30. The molecule has 1 aromatic rings. The first kappa shape index (κ1) is 17.8. The highest BCUT2D eigenvalue weighted by Crippen LogP contribution is 2.64. The zero-order valence-electron chi connectivity index (χ0n) is 13.7. The second kappa shape index (κ2) is 7.35. The van der Waals surface area contributed by atoms with Crippen LogP contribution in [0.1, 0.15) is 19.4 Å². The van der Waals surface area contributed by atoms with Gasteiger partial charge in [-0.05, 0) is 25.2 Å². The summed E-state index contributed by atoms with van der Waals surface area (Å²) < 4.78 is 26.3. The molecule has 0 aliphatic carbocycles. The van der Waals surface area contributed by atoms with Gasteiger partial charge in [-0.3, -0.25) is 13.9 Å². The van der Waals surface area contributed by atoms with E-state index < -0.39 is 16.5 Å². The number of carbonyl (C=O) groups excluding carboxylic acids is 1. The van der Waals surface area contributed by atoms with Crippen LogP contribution in [0.25, 0.3) is 5.76 Å². The molecule has 1 aliphatic rings. The molecule has 23 heavy (non-hydrogen) atoms. The van der Waals surface area contributed by atoms with Gasteiger partial charge >= 0.3 is 0 Å². The Bertz CT molecular complexity index is 612. The molecule has 0 radical (unpaired) electrons. The number of hydrogen-bond acceptors (Lipinski definition) is 5. The summed E-state index contributed by atoms with van der Waals surface area (Å²) in [5.41, 5.74) is 0.559. The van der Waals surface area contributed by atoms with Crippen LogP contribution in [0.15, 0.2) is 34.1 Å². The molecule has 0 atom stereocenters. The molecule has 1 aromatic carbocycles. The lowest BCUT2D eigenvalue weighted by atomic mass is 10.2. The lowest BCUT2D eigenvalue weighted by Crippen LogP contribution is -2.36. The summed E-state index contributed by atoms with van der Waals surface area (Å²) in [4.78, 5) is 14.9. The van der Waals surface area contributed by atoms with Crippen molar-refractivity contribution in [3.63, 3.8) is 0 Å². The third-order valence-corrected chi connectivity index (χ3v) is 5.86. The highest BCUT2D eigenvalue weighted by Gasteiger charge is 2.40. The fourth-order valence-electron chi connectivity index (χ4n) is 2.65. The van der Waals surface area contributed by atoms with Gasteiger partial charge in [0.2, 0.25) is 0 Å². The Kier molecular flexibility index (Phi) is 5.69. The standard InChI is InChI=1S/C16H24N2O4S/c1-4-18(5-2)11-10-17-16(19)15-14(22-3)12-8-6-7-9-13(12)23(15,20)21/h6-9,20-21H,4-5,10-11H2,1-3H3,(H,17,19). The maximum absolute atomic E-state index is 12.5. The molecule has 0 saturated carbocycles. The zero-order chi connectivity index (χ0) is 17.0. The highest BCUT2D eigenvalue weighted by atomic mass is 32.3. The minimum atomic E-state index is -3.34. The van der Waals surface area contributed by atoms with E-state index in [2.05, 4.69) is 24.1 Å². The number of rotatable bonds is 7. The van der Waals surface area contributed by atoms with Crippen LogP contribution < -0.4 is 5.32 Å². The minimum Gasteiger partial charge on any atom is -0.494 e. The monoisotopic (exact) mass is 340 g/mol. The van der Waals surface area contributed by atoms with E-state index in [9.17, 15) is 13.9 Å². The molecule has 0 fully saturated rings. The van der Waals surface area contributed by atoms with E-state index in [-0.39, 0.29) is 10.7 Å². The Hall–Kier alpha value is -1.54. The fourth-order valence-corrected chi connectivity index (χ4v) is 4.38. The summed E-state index contributed by atoms with van der Waals surface area (Å²) >= 11 is 0. The van der Waals surface area contributed by atoms with Gasteiger partial charge in [-0.1, -0.05) is 26.0 Å². The van der Waals surface area contributed by atoms with Gasteiger partial charge in [0, 0.05) is 18.7 Å². The molecule has 7 heteroatoms. The first-order valence-corrected chi connectivity index (χ1v) is 9.18. The van der Waals surface area contributed by atoms with E-state index in [1.165, 1.54) is 7.11 Å². The molecule has 128 valence electrons. The van der Waals surface area contributed by atoms with Crippen molar-refractivity contribution in [2.24, 2.45) is 0 Å². The number of carbonyl (C=O) groups is 1. The smallest absolute Gasteiger partial charge is 0.271 e. The number of ether oxygens (including phenoxy) is 1. The normalized spacial score (nSPS) is 17.1. The molecule has 0 bridgehead atoms. The summed E-state index contributed by atoms with van der Waals surface area (Å²) in [6.07, 6.45) is 0. The number of methoxy groups -OCH3 is 1. The first-order chi connectivity index (χ1) is 11.0. The molecule has 1 aliphatic heterocycles. The second-order valence-electron chi connectivity index (χ2n) is 5.19. The van der Waals surface area contributed by atoms with E-state index >= 15 is 0 Å². The summed E-state index contributed by atoms with van der Waals surface area (Å²) in [6.45, 7) is 7.06. The molecule has 1 amide bonds. The largest absolute Gasteiger partial charge is 0.494 e. The minimum absolute atomic E-state index is 0.0826. The van der Waals surface area contributed by atoms with Gasteiger partial charge in [0.25, 0.3) is 5.91 Å². The van der Waals surface area contributed by atoms with Crippen molar-refractivity contribution < 1.29 is 18.6 Å². The van der Waals surface area contributed by atoms with E-state index in [1.807, 2.05) is 0 Å². The average molecular weight is 340 g/mol. The Balaban J connectivity index is 2.19. The Morgan fingerprint density at radius 1 is 1.26 bits per heavy atom. The zero-order valence-corrected chi connectivity index (χ0v) is 14.5. The van der Waals surface area contributed by atoms with E-state index in [1.54, 1.807) is 24.3 Å². The predicted octanol–water partition coefficient (Wildman–Crippen LogP) is 2.58. The van der Waals surface area contributed by atoms with Crippen molar-refractivity contribution >= 4 is 22.3 Å². The third kappa shape index (κ3) is 3.37. The van der Waals surface area contributed by atoms with Crippen molar-refractivity contribution in [3.8, 4) is 0 Å². The van der Waals surface area contributed by atoms with Crippen LogP contribution in [0.3, 0.4) is 0 Å². The van der Waals surface area contributed by atoms with Gasteiger partial charge in [0.1, 0.15) is 0 Å². The van der Waals surface area contributed by atoms with E-state index in [0.29, 0.717) is 23.5 Å². The van der Waals surface area contributed by atoms with Crippen molar-refractivity contribution in [3.05, 3.63) is 34.7 Å². The Labute approximate surface area is 138 Å². The van der Waals surface area contributed by atoms with Crippen molar-refractivity contribution in [2.45, 2.75) is 18.7 Å². The van der Waals surface area contributed by atoms with Crippen LogP contribution in [-0.4, -0.2) is 53.2 Å². The number of amides is 1. The molecule has 0 unspecified atom stereocenters. The van der Waals surface area contributed by atoms with E-state index in [4.69, 9.17) is 4.74 Å². The molecule has 3 N–H and O–H groups in total. The van der Waals surface area contributed by atoms with Crippen LogP contribution in [-0.2, 0) is 9.53 Å². The van der Waals surface area contributed by atoms with Crippen LogP contribution in [0.4, 0.5) is 0 Å². The fraction of sp³-hybridized carbons (Fsp3) is 0.438. The van der Waals surface area contributed by atoms with Crippen molar-refractivity contribution in [1.82, 2.24) is 10.2 Å². The van der Waals surface area contributed by atoms with E-state index in [0.717, 1.165) is 13.1 Å².